The van der Waals surface area contributed by atoms with Crippen molar-refractivity contribution in [1.29, 1.82) is 0 Å². The first kappa shape index (κ1) is 18.7. The van der Waals surface area contributed by atoms with Gasteiger partial charge in [-0.3, -0.25) is 0 Å². The minimum atomic E-state index is -0.0322. The summed E-state index contributed by atoms with van der Waals surface area (Å²) >= 11 is 7.61. The van der Waals surface area contributed by atoms with Crippen LogP contribution in [0, 0.1) is 0 Å². The van der Waals surface area contributed by atoms with Crippen LogP contribution in [0.2, 0.25) is 5.02 Å². The molecule has 138 valence electrons. The van der Waals surface area contributed by atoms with Crippen LogP contribution < -0.4 is 4.74 Å². The molecule has 1 aromatic carbocycles. The zero-order chi connectivity index (χ0) is 18.7. The van der Waals surface area contributed by atoms with Crippen LogP contribution in [0.5, 0.6) is 5.75 Å². The molecule has 2 heterocycles. The fourth-order valence-electron chi connectivity index (χ4n) is 2.13. The number of para-hydroxylation sites is 1. The number of aromatic nitrogens is 5. The van der Waals surface area contributed by atoms with Gasteiger partial charge in [0.25, 0.3) is 0 Å². The van der Waals surface area contributed by atoms with Gasteiger partial charge in [-0.15, -0.1) is 10.2 Å². The summed E-state index contributed by atoms with van der Waals surface area (Å²) in [4.78, 5) is 4.43. The first-order chi connectivity index (χ1) is 12.5. The van der Waals surface area contributed by atoms with Gasteiger partial charge in [0, 0.05) is 13.0 Å². The van der Waals surface area contributed by atoms with E-state index in [0.717, 1.165) is 5.16 Å². The van der Waals surface area contributed by atoms with Crippen molar-refractivity contribution in [3.8, 4) is 5.75 Å². The number of benzene rings is 1. The van der Waals surface area contributed by atoms with E-state index in [9.17, 15) is 0 Å². The van der Waals surface area contributed by atoms with E-state index in [0.29, 0.717) is 28.3 Å². The van der Waals surface area contributed by atoms with Gasteiger partial charge in [-0.1, -0.05) is 54.5 Å². The number of nitrogens with zero attached hydrogens (tertiary/aromatic N) is 5. The van der Waals surface area contributed by atoms with Crippen LogP contribution in [-0.2, 0) is 13.7 Å². The molecule has 0 fully saturated rings. The molecule has 0 unspecified atom stereocenters. The maximum Gasteiger partial charge on any atom is 0.239 e. The number of halogens is 1. The van der Waals surface area contributed by atoms with E-state index in [-0.39, 0.29) is 17.8 Å². The van der Waals surface area contributed by atoms with Gasteiger partial charge in [-0.05, 0) is 19.1 Å². The van der Waals surface area contributed by atoms with Crippen LogP contribution in [-0.4, -0.2) is 24.9 Å². The molecule has 3 aromatic rings. The maximum atomic E-state index is 6.10. The Kier molecular flexibility index (Phi) is 5.83. The highest BCUT2D eigenvalue weighted by Gasteiger charge is 2.20. The van der Waals surface area contributed by atoms with Gasteiger partial charge >= 0.3 is 0 Å². The minimum absolute atomic E-state index is 0.0322. The van der Waals surface area contributed by atoms with Gasteiger partial charge in [0.05, 0.1) is 10.3 Å². The number of hydrogen-bond acceptors (Lipinski definition) is 7. The van der Waals surface area contributed by atoms with Gasteiger partial charge in [0.1, 0.15) is 12.4 Å². The topological polar surface area (TPSA) is 78.9 Å². The number of rotatable bonds is 7. The van der Waals surface area contributed by atoms with Crippen molar-refractivity contribution in [2.75, 3.05) is 0 Å². The van der Waals surface area contributed by atoms with Crippen molar-refractivity contribution in [3.05, 3.63) is 46.8 Å². The number of thioether (sulfide) groups is 1. The molecule has 2 aromatic heterocycles. The highest BCUT2D eigenvalue weighted by Crippen LogP contribution is 2.33. The third kappa shape index (κ3) is 4.19. The fourth-order valence-corrected chi connectivity index (χ4v) is 3.19. The van der Waals surface area contributed by atoms with Crippen molar-refractivity contribution >= 4 is 23.4 Å². The number of hydrogen-bond donors (Lipinski definition) is 0. The third-order valence-corrected chi connectivity index (χ3v) is 5.16. The average molecular weight is 394 g/mol. The molecule has 0 aliphatic heterocycles. The monoisotopic (exact) mass is 393 g/mol. The van der Waals surface area contributed by atoms with E-state index in [2.05, 4.69) is 20.3 Å². The van der Waals surface area contributed by atoms with Gasteiger partial charge < -0.3 is 13.8 Å². The standard InChI is InChI=1S/C17H20ClN5O2S/c1-10(2)15-19-16(25-22-15)11(3)26-17-21-20-14(23(17)4)9-24-13-8-6-5-7-12(13)18/h5-8,10-11H,9H2,1-4H3/t11-/m0/s1. The highest BCUT2D eigenvalue weighted by molar-refractivity contribution is 7.99. The molecule has 0 bridgehead atoms. The average Bonchev–Trinajstić information content (AvgIpc) is 3.23. The molecule has 0 aliphatic rings. The van der Waals surface area contributed by atoms with Gasteiger partial charge in [0.15, 0.2) is 16.8 Å². The quantitative estimate of drug-likeness (QED) is 0.550. The molecular weight excluding hydrogens is 374 g/mol. The number of ether oxygens (including phenoxy) is 1. The van der Waals surface area contributed by atoms with Crippen LogP contribution in [0.15, 0.2) is 33.9 Å². The summed E-state index contributed by atoms with van der Waals surface area (Å²) in [6.45, 7) is 6.33. The molecular formula is C17H20ClN5O2S. The summed E-state index contributed by atoms with van der Waals surface area (Å²) in [6, 6.07) is 7.33. The molecule has 0 radical (unpaired) electrons. The summed E-state index contributed by atoms with van der Waals surface area (Å²) in [5.74, 6) is 2.84. The second kappa shape index (κ2) is 8.09. The predicted molar refractivity (Wildman–Crippen MR) is 99.4 cm³/mol. The third-order valence-electron chi connectivity index (χ3n) is 3.72. The van der Waals surface area contributed by atoms with E-state index >= 15 is 0 Å². The second-order valence-electron chi connectivity index (χ2n) is 6.08. The second-order valence-corrected chi connectivity index (χ2v) is 7.80. The van der Waals surface area contributed by atoms with E-state index in [1.165, 1.54) is 11.8 Å². The van der Waals surface area contributed by atoms with Crippen molar-refractivity contribution in [1.82, 2.24) is 24.9 Å². The Hall–Kier alpha value is -2.06. The molecule has 7 nitrogen and oxygen atoms in total. The van der Waals surface area contributed by atoms with Crippen LogP contribution in [0.4, 0.5) is 0 Å². The Balaban J connectivity index is 1.65. The molecule has 0 amide bonds. The summed E-state index contributed by atoms with van der Waals surface area (Å²) in [5.41, 5.74) is 0. The SMILES string of the molecule is CC(C)c1noc([C@H](C)Sc2nnc(COc3ccccc3Cl)n2C)n1. The molecule has 9 heteroatoms. The maximum absolute atomic E-state index is 6.10. The first-order valence-electron chi connectivity index (χ1n) is 8.21. The lowest BCUT2D eigenvalue weighted by molar-refractivity contribution is 0.290. The summed E-state index contributed by atoms with van der Waals surface area (Å²) in [5, 5.41) is 13.7. The van der Waals surface area contributed by atoms with Gasteiger partial charge in [-0.25, -0.2) is 0 Å². The molecule has 26 heavy (non-hydrogen) atoms. The van der Waals surface area contributed by atoms with Crippen molar-refractivity contribution in [3.63, 3.8) is 0 Å². The van der Waals surface area contributed by atoms with E-state index in [1.807, 2.05) is 50.6 Å². The van der Waals surface area contributed by atoms with Gasteiger partial charge in [-0.2, -0.15) is 4.98 Å². The van der Waals surface area contributed by atoms with E-state index in [1.54, 1.807) is 6.07 Å². The largest absolute Gasteiger partial charge is 0.484 e. The van der Waals surface area contributed by atoms with Crippen molar-refractivity contribution in [2.45, 2.75) is 43.7 Å². The van der Waals surface area contributed by atoms with Gasteiger partial charge in [0.2, 0.25) is 5.89 Å². The molecule has 0 saturated carbocycles. The molecule has 0 spiro atoms. The smallest absolute Gasteiger partial charge is 0.239 e. The summed E-state index contributed by atoms with van der Waals surface area (Å²) < 4.78 is 13.0. The van der Waals surface area contributed by atoms with Crippen molar-refractivity contribution < 1.29 is 9.26 Å². The summed E-state index contributed by atoms with van der Waals surface area (Å²) in [7, 11) is 1.90. The van der Waals surface area contributed by atoms with Crippen LogP contribution in [0.25, 0.3) is 0 Å². The lowest BCUT2D eigenvalue weighted by Crippen LogP contribution is -2.05. The molecule has 0 saturated heterocycles. The summed E-state index contributed by atoms with van der Waals surface area (Å²) in [6.07, 6.45) is 0. The van der Waals surface area contributed by atoms with Crippen LogP contribution >= 0.6 is 23.4 Å². The Labute approximate surface area is 161 Å². The Morgan fingerprint density at radius 1 is 1.23 bits per heavy atom. The fraction of sp³-hybridized carbons (Fsp3) is 0.412. The van der Waals surface area contributed by atoms with E-state index in [4.69, 9.17) is 20.9 Å². The molecule has 1 atom stereocenters. The Morgan fingerprint density at radius 2 is 2.00 bits per heavy atom. The predicted octanol–water partition coefficient (Wildman–Crippen LogP) is 4.41. The van der Waals surface area contributed by atoms with Crippen LogP contribution in [0.3, 0.4) is 0 Å². The highest BCUT2D eigenvalue weighted by atomic mass is 35.5. The first-order valence-corrected chi connectivity index (χ1v) is 9.47. The zero-order valence-electron chi connectivity index (χ0n) is 15.0. The molecule has 3 rings (SSSR count). The minimum Gasteiger partial charge on any atom is -0.484 e. The lowest BCUT2D eigenvalue weighted by atomic mass is 10.2. The molecule has 0 N–H and O–H groups in total. The molecule has 0 aliphatic carbocycles. The lowest BCUT2D eigenvalue weighted by Gasteiger charge is -2.08. The van der Waals surface area contributed by atoms with E-state index < -0.39 is 0 Å². The zero-order valence-corrected chi connectivity index (χ0v) is 16.6. The Bertz CT molecular complexity index is 880. The normalized spacial score (nSPS) is 12.5. The van der Waals surface area contributed by atoms with Crippen molar-refractivity contribution in [2.24, 2.45) is 7.05 Å². The van der Waals surface area contributed by atoms with Crippen LogP contribution in [0.1, 0.15) is 49.5 Å². The Morgan fingerprint density at radius 3 is 2.69 bits per heavy atom.